The van der Waals surface area contributed by atoms with Crippen molar-refractivity contribution in [1.29, 1.82) is 5.26 Å². The van der Waals surface area contributed by atoms with E-state index in [2.05, 4.69) is 15.0 Å². The summed E-state index contributed by atoms with van der Waals surface area (Å²) < 4.78 is 62.4. The number of halogens is 3. The van der Waals surface area contributed by atoms with Gasteiger partial charge in [-0.3, -0.25) is 0 Å². The molecule has 0 bridgehead atoms. The number of hydrogen-bond acceptors (Lipinski definition) is 8. The second kappa shape index (κ2) is 12.1. The first-order valence-electron chi connectivity index (χ1n) is 13.6. The minimum absolute atomic E-state index is 0.0315. The molecule has 3 heterocycles. The highest BCUT2D eigenvalue weighted by Gasteiger charge is 2.25. The molecule has 2 aromatic heterocycles. The first kappa shape index (κ1) is 28.8. The van der Waals surface area contributed by atoms with E-state index < -0.39 is 23.4 Å². The second-order valence-corrected chi connectivity index (χ2v) is 10.2. The summed E-state index contributed by atoms with van der Waals surface area (Å²) in [5.74, 6) is -2.06. The van der Waals surface area contributed by atoms with E-state index in [4.69, 9.17) is 19.5 Å². The van der Waals surface area contributed by atoms with Gasteiger partial charge in [-0.05, 0) is 48.4 Å². The average molecular weight is 600 g/mol. The molecule has 0 saturated carbocycles. The number of nitriles is 1. The van der Waals surface area contributed by atoms with Crippen LogP contribution in [0.15, 0.2) is 60.8 Å². The van der Waals surface area contributed by atoms with Crippen molar-refractivity contribution in [2.75, 3.05) is 13.7 Å². The van der Waals surface area contributed by atoms with Gasteiger partial charge in [0, 0.05) is 30.4 Å². The second-order valence-electron chi connectivity index (χ2n) is 10.2. The van der Waals surface area contributed by atoms with E-state index in [1.807, 2.05) is 6.07 Å². The fourth-order valence-corrected chi connectivity index (χ4v) is 4.90. The summed E-state index contributed by atoms with van der Waals surface area (Å²) in [5, 5.41) is 8.91. The number of aromatic nitrogens is 4. The minimum Gasteiger partial charge on any atom is -0.465 e. The molecule has 1 saturated heterocycles. The monoisotopic (exact) mass is 599 g/mol. The summed E-state index contributed by atoms with van der Waals surface area (Å²) in [4.78, 5) is 25.0. The van der Waals surface area contributed by atoms with Crippen LogP contribution < -0.4 is 4.74 Å². The number of benzene rings is 3. The Morgan fingerprint density at radius 2 is 1.84 bits per heavy atom. The van der Waals surface area contributed by atoms with Gasteiger partial charge < -0.3 is 18.8 Å². The third-order valence-corrected chi connectivity index (χ3v) is 7.36. The van der Waals surface area contributed by atoms with E-state index in [1.165, 1.54) is 37.6 Å². The normalized spacial score (nSPS) is 14.2. The van der Waals surface area contributed by atoms with Crippen LogP contribution >= 0.6 is 0 Å². The number of hydrogen-bond donors (Lipinski definition) is 0. The van der Waals surface area contributed by atoms with Gasteiger partial charge in [-0.25, -0.2) is 27.9 Å². The Morgan fingerprint density at radius 3 is 2.55 bits per heavy atom. The summed E-state index contributed by atoms with van der Waals surface area (Å²) in [5.41, 5.74) is 2.08. The molecule has 0 N–H and O–H groups in total. The Balaban J connectivity index is 1.25. The summed E-state index contributed by atoms with van der Waals surface area (Å²) in [6.45, 7) is 0.821. The molecule has 1 atom stereocenters. The number of imidazole rings is 1. The summed E-state index contributed by atoms with van der Waals surface area (Å²) >= 11 is 0. The van der Waals surface area contributed by atoms with Crippen LogP contribution in [0.25, 0.3) is 22.3 Å². The summed E-state index contributed by atoms with van der Waals surface area (Å²) in [7, 11) is 1.22. The predicted octanol–water partition coefficient (Wildman–Crippen LogP) is 5.53. The zero-order valence-corrected chi connectivity index (χ0v) is 23.4. The first-order valence-corrected chi connectivity index (χ1v) is 13.6. The molecular weight excluding hydrogens is 575 g/mol. The molecule has 12 heteroatoms. The van der Waals surface area contributed by atoms with Gasteiger partial charge in [-0.15, -0.1) is 0 Å². The van der Waals surface area contributed by atoms with Crippen LogP contribution in [0.3, 0.4) is 0 Å². The lowest BCUT2D eigenvalue weighted by Crippen LogP contribution is -2.31. The van der Waals surface area contributed by atoms with Gasteiger partial charge in [0.15, 0.2) is 5.82 Å². The number of methoxy groups -OCH3 is 1. The van der Waals surface area contributed by atoms with Crippen molar-refractivity contribution >= 4 is 17.0 Å². The number of carbonyl (C=O) groups excluding carboxylic acids is 1. The molecule has 1 aliphatic heterocycles. The van der Waals surface area contributed by atoms with Gasteiger partial charge in [0.1, 0.15) is 29.6 Å². The number of rotatable bonds is 9. The Labute approximate surface area is 249 Å². The topological polar surface area (TPSA) is 112 Å². The number of carbonyl (C=O) groups is 1. The van der Waals surface area contributed by atoms with Crippen molar-refractivity contribution in [3.05, 3.63) is 106 Å². The van der Waals surface area contributed by atoms with Crippen molar-refractivity contribution in [1.82, 2.24) is 19.5 Å². The van der Waals surface area contributed by atoms with Gasteiger partial charge in [-0.1, -0.05) is 18.2 Å². The zero-order chi connectivity index (χ0) is 30.8. The van der Waals surface area contributed by atoms with Crippen LogP contribution in [0.5, 0.6) is 6.01 Å². The third kappa shape index (κ3) is 5.82. The number of ether oxygens (including phenoxy) is 3. The first-order chi connectivity index (χ1) is 21.3. The molecule has 0 spiro atoms. The Kier molecular flexibility index (Phi) is 7.95. The molecule has 0 amide bonds. The lowest BCUT2D eigenvalue weighted by Gasteiger charge is -2.27. The number of esters is 1. The highest BCUT2D eigenvalue weighted by Crippen LogP contribution is 2.28. The van der Waals surface area contributed by atoms with E-state index in [0.717, 1.165) is 18.6 Å². The maximum atomic E-state index is 15.5. The van der Waals surface area contributed by atoms with E-state index in [9.17, 15) is 9.18 Å². The van der Waals surface area contributed by atoms with Crippen molar-refractivity contribution in [3.63, 3.8) is 0 Å². The molecule has 222 valence electrons. The standard InChI is InChI=1S/C32H24F3N5O4/c1-42-31(41)22-12-26(35)30-28(13-22)40(16-23-7-9-43-23)29(39-30)14-19-4-5-20(11-25(19)34)27-6-8-37-32(38-27)44-17-21-3-2-18(15-36)10-24(21)33/h2-6,8,10-13,23H,7,9,14,16-17H2,1H3/t23-/m0/s1. The van der Waals surface area contributed by atoms with Crippen molar-refractivity contribution in [2.24, 2.45) is 0 Å². The lowest BCUT2D eigenvalue weighted by atomic mass is 10.1. The summed E-state index contributed by atoms with van der Waals surface area (Å²) in [6.07, 6.45) is 2.20. The Hall–Kier alpha value is -5.28. The van der Waals surface area contributed by atoms with Crippen LogP contribution in [-0.4, -0.2) is 45.3 Å². The van der Waals surface area contributed by atoms with Crippen molar-refractivity contribution < 1.29 is 32.2 Å². The Bertz CT molecular complexity index is 1930. The smallest absolute Gasteiger partial charge is 0.338 e. The zero-order valence-electron chi connectivity index (χ0n) is 23.4. The highest BCUT2D eigenvalue weighted by molar-refractivity contribution is 5.94. The molecule has 5 aromatic rings. The molecule has 44 heavy (non-hydrogen) atoms. The molecule has 0 radical (unpaired) electrons. The van der Waals surface area contributed by atoms with E-state index in [0.29, 0.717) is 41.3 Å². The molecule has 1 aliphatic rings. The quantitative estimate of drug-likeness (QED) is 0.204. The molecular formula is C32H24F3N5O4. The maximum Gasteiger partial charge on any atom is 0.338 e. The molecule has 0 unspecified atom stereocenters. The van der Waals surface area contributed by atoms with Crippen molar-refractivity contribution in [3.8, 4) is 23.3 Å². The van der Waals surface area contributed by atoms with Crippen LogP contribution in [0.2, 0.25) is 0 Å². The lowest BCUT2D eigenvalue weighted by molar-refractivity contribution is -0.0589. The van der Waals surface area contributed by atoms with Gasteiger partial charge in [0.2, 0.25) is 0 Å². The number of fused-ring (bicyclic) bond motifs is 1. The van der Waals surface area contributed by atoms with Crippen LogP contribution in [0.1, 0.15) is 39.3 Å². The molecule has 6 rings (SSSR count). The van der Waals surface area contributed by atoms with Crippen LogP contribution in [0.4, 0.5) is 13.2 Å². The van der Waals surface area contributed by atoms with Crippen molar-refractivity contribution in [2.45, 2.75) is 32.1 Å². The summed E-state index contributed by atoms with van der Waals surface area (Å²) in [6, 6.07) is 14.7. The minimum atomic E-state index is -0.683. The highest BCUT2D eigenvalue weighted by atomic mass is 19.1. The van der Waals surface area contributed by atoms with Crippen LogP contribution in [-0.2, 0) is 29.0 Å². The molecule has 3 aromatic carbocycles. The molecule has 9 nitrogen and oxygen atoms in total. The van der Waals surface area contributed by atoms with Gasteiger partial charge >= 0.3 is 12.0 Å². The van der Waals surface area contributed by atoms with E-state index >= 15 is 8.78 Å². The van der Waals surface area contributed by atoms with E-state index in [1.54, 1.807) is 22.8 Å². The fraction of sp³-hybridized carbons (Fsp3) is 0.219. The SMILES string of the molecule is COC(=O)c1cc(F)c2nc(Cc3ccc(-c4ccnc(OCc5ccc(C#N)cc5F)n4)cc3F)n(C[C@@H]3CCO3)c2c1. The Morgan fingerprint density at radius 1 is 1.05 bits per heavy atom. The van der Waals surface area contributed by atoms with E-state index in [-0.39, 0.29) is 47.3 Å². The number of nitrogens with zero attached hydrogens (tertiary/aromatic N) is 5. The van der Waals surface area contributed by atoms with Crippen LogP contribution in [0, 0.1) is 28.8 Å². The molecule has 0 aliphatic carbocycles. The predicted molar refractivity (Wildman–Crippen MR) is 151 cm³/mol. The van der Waals surface area contributed by atoms with Gasteiger partial charge in [0.05, 0.1) is 48.2 Å². The molecule has 1 fully saturated rings. The maximum absolute atomic E-state index is 15.5. The van der Waals surface area contributed by atoms with Gasteiger partial charge in [0.25, 0.3) is 0 Å². The fourth-order valence-electron chi connectivity index (χ4n) is 4.90. The average Bonchev–Trinajstić information content (AvgIpc) is 3.36. The largest absolute Gasteiger partial charge is 0.465 e. The van der Waals surface area contributed by atoms with Gasteiger partial charge in [-0.2, -0.15) is 10.2 Å². The third-order valence-electron chi connectivity index (χ3n) is 7.36.